The van der Waals surface area contributed by atoms with Gasteiger partial charge in [0.15, 0.2) is 14.1 Å². The lowest BCUT2D eigenvalue weighted by atomic mass is 9.92. The summed E-state index contributed by atoms with van der Waals surface area (Å²) in [6, 6.07) is 19.3. The van der Waals surface area contributed by atoms with Crippen molar-refractivity contribution in [3.8, 4) is 22.9 Å². The summed E-state index contributed by atoms with van der Waals surface area (Å²) in [4.78, 5) is 14.1. The first kappa shape index (κ1) is 34.9. The maximum atomic E-state index is 6.41. The fraction of sp³-hybridized carbons (Fsp3) is 0.450. The van der Waals surface area contributed by atoms with Crippen LogP contribution in [0.2, 0.25) is 18.1 Å². The number of hydrogen-bond donors (Lipinski definition) is 1. The van der Waals surface area contributed by atoms with Gasteiger partial charge >= 0.3 is 0 Å². The predicted octanol–water partition coefficient (Wildman–Crippen LogP) is 7.71. The van der Waals surface area contributed by atoms with Crippen LogP contribution in [-0.2, 0) is 4.43 Å². The summed E-state index contributed by atoms with van der Waals surface area (Å²) in [7, 11) is -1.76. The van der Waals surface area contributed by atoms with E-state index in [1.54, 1.807) is 6.20 Å². The molecule has 2 atom stereocenters. The highest BCUT2D eigenvalue weighted by atomic mass is 28.4. The smallest absolute Gasteiger partial charge is 0.215 e. The molecule has 0 radical (unpaired) electrons. The van der Waals surface area contributed by atoms with E-state index in [9.17, 15) is 0 Å². The Balaban J connectivity index is 0.904. The van der Waals surface area contributed by atoms with Crippen molar-refractivity contribution in [2.24, 2.45) is 0 Å². The number of nitrogens with two attached hydrogens (primary N) is 1. The van der Waals surface area contributed by atoms with Crippen LogP contribution in [-0.4, -0.2) is 72.5 Å². The summed E-state index contributed by atoms with van der Waals surface area (Å²) in [6.07, 6.45) is 11.8. The number of rotatable bonds is 11. The third-order valence-electron chi connectivity index (χ3n) is 11.1. The van der Waals surface area contributed by atoms with Crippen LogP contribution in [0.4, 0.5) is 17.2 Å². The van der Waals surface area contributed by atoms with E-state index in [0.29, 0.717) is 30.4 Å². The second-order valence-electron chi connectivity index (χ2n) is 15.7. The summed E-state index contributed by atoms with van der Waals surface area (Å²) in [6.45, 7) is 15.7. The Labute approximate surface area is 303 Å². The third-order valence-corrected chi connectivity index (χ3v) is 15.6. The maximum Gasteiger partial charge on any atom is 0.215 e. The van der Waals surface area contributed by atoms with E-state index in [2.05, 4.69) is 101 Å². The van der Waals surface area contributed by atoms with Gasteiger partial charge in [0.05, 0.1) is 29.9 Å². The number of anilines is 3. The quantitative estimate of drug-likeness (QED) is 0.156. The van der Waals surface area contributed by atoms with E-state index >= 15 is 0 Å². The topological polar surface area (TPSA) is 112 Å². The van der Waals surface area contributed by atoms with Crippen molar-refractivity contribution in [2.45, 2.75) is 95.8 Å². The zero-order valence-corrected chi connectivity index (χ0v) is 31.8. The van der Waals surface area contributed by atoms with Gasteiger partial charge in [-0.2, -0.15) is 0 Å². The molecule has 1 saturated carbocycles. The number of benzene rings is 1. The maximum absolute atomic E-state index is 6.41. The zero-order chi connectivity index (χ0) is 35.8. The van der Waals surface area contributed by atoms with Gasteiger partial charge in [-0.1, -0.05) is 51.1 Å². The molecule has 2 saturated heterocycles. The molecule has 7 rings (SSSR count). The molecule has 268 valence electrons. The first-order chi connectivity index (χ1) is 24.4. The molecule has 2 bridgehead atoms. The van der Waals surface area contributed by atoms with Crippen LogP contribution >= 0.6 is 0 Å². The van der Waals surface area contributed by atoms with Gasteiger partial charge in [0.25, 0.3) is 0 Å². The minimum absolute atomic E-state index is 0.0759. The molecule has 0 spiro atoms. The fourth-order valence-corrected chi connectivity index (χ4v) is 8.00. The number of pyridine rings is 2. The standard InChI is InChI=1S/C40H51N7O3Si/c1-27-10-7-8-12-35(27)36-23-37(39(41)45-44-36)46-25-30-14-15-31(26-46)47(30)29-17-18-42-38(20-29)50-34-21-33(22-34)49-32-16-13-28(43-24-32)11-9-19-48-51(5,6)40(2,3)4/h7-13,16-18,20,23-24,30-31,33-34H,14-15,19,21-22,25-26H2,1-6H3,(H2,41,45). The fourth-order valence-electron chi connectivity index (χ4n) is 7.06. The summed E-state index contributed by atoms with van der Waals surface area (Å²) in [5.74, 6) is 1.92. The van der Waals surface area contributed by atoms with Gasteiger partial charge in [-0.25, -0.2) is 4.98 Å². The highest BCUT2D eigenvalue weighted by Gasteiger charge is 2.41. The van der Waals surface area contributed by atoms with Gasteiger partial charge < -0.3 is 29.4 Å². The Kier molecular flexibility index (Phi) is 9.77. The normalized spacial score (nSPS) is 21.9. The first-order valence-electron chi connectivity index (χ1n) is 18.2. The third kappa shape index (κ3) is 7.74. The van der Waals surface area contributed by atoms with Crippen LogP contribution in [0.1, 0.15) is 57.7 Å². The Morgan fingerprint density at radius 1 is 0.922 bits per heavy atom. The van der Waals surface area contributed by atoms with E-state index in [-0.39, 0.29) is 17.2 Å². The average molecular weight is 706 g/mol. The molecule has 1 aromatic carbocycles. The number of fused-ring (bicyclic) bond motifs is 2. The molecule has 0 amide bonds. The second kappa shape index (κ2) is 14.3. The monoisotopic (exact) mass is 705 g/mol. The molecular weight excluding hydrogens is 655 g/mol. The first-order valence-corrected chi connectivity index (χ1v) is 21.1. The van der Waals surface area contributed by atoms with E-state index in [4.69, 9.17) is 19.6 Å². The SMILES string of the molecule is Cc1ccccc1-c1cc(N2CC3CCC(C2)N3c2ccnc(OC3CC(Oc4ccc(C=CCO[Si](C)(C)C(C)(C)C)nc4)C3)c2)c(N)nn1. The predicted molar refractivity (Wildman–Crippen MR) is 207 cm³/mol. The molecule has 51 heavy (non-hydrogen) atoms. The van der Waals surface area contributed by atoms with Crippen molar-refractivity contribution in [3.05, 3.63) is 84.3 Å². The Morgan fingerprint density at radius 2 is 1.67 bits per heavy atom. The minimum Gasteiger partial charge on any atom is -0.489 e. The van der Waals surface area contributed by atoms with Gasteiger partial charge in [0.1, 0.15) is 18.0 Å². The number of piperazine rings is 1. The molecule has 3 aliphatic rings. The van der Waals surface area contributed by atoms with Gasteiger partial charge in [0, 0.05) is 61.5 Å². The number of nitrogen functional groups attached to an aromatic ring is 1. The summed E-state index contributed by atoms with van der Waals surface area (Å²) in [5.41, 5.74) is 12.5. The zero-order valence-electron chi connectivity index (χ0n) is 30.8. The lowest BCUT2D eigenvalue weighted by Gasteiger charge is -2.43. The van der Waals surface area contributed by atoms with Crippen molar-refractivity contribution < 1.29 is 13.9 Å². The summed E-state index contributed by atoms with van der Waals surface area (Å²) >= 11 is 0. The lowest BCUT2D eigenvalue weighted by molar-refractivity contribution is 0.00210. The molecule has 4 aromatic rings. The number of aryl methyl sites for hydroxylation is 1. The van der Waals surface area contributed by atoms with Crippen molar-refractivity contribution >= 4 is 31.6 Å². The van der Waals surface area contributed by atoms with Crippen LogP contribution < -0.4 is 25.0 Å². The number of hydrogen-bond acceptors (Lipinski definition) is 10. The van der Waals surface area contributed by atoms with Gasteiger partial charge in [-0.05, 0) is 73.8 Å². The van der Waals surface area contributed by atoms with Gasteiger partial charge in [-0.3, -0.25) is 4.98 Å². The number of nitrogens with zero attached hydrogens (tertiary/aromatic N) is 6. The largest absolute Gasteiger partial charge is 0.489 e. The molecule has 11 heteroatoms. The van der Waals surface area contributed by atoms with Crippen molar-refractivity contribution in [2.75, 3.05) is 35.2 Å². The number of aromatic nitrogens is 4. The molecule has 2 N–H and O–H groups in total. The van der Waals surface area contributed by atoms with Crippen LogP contribution in [0.25, 0.3) is 17.3 Å². The second-order valence-corrected chi connectivity index (χ2v) is 20.5. The van der Waals surface area contributed by atoms with E-state index in [1.807, 2.05) is 42.6 Å². The Morgan fingerprint density at radius 3 is 2.37 bits per heavy atom. The van der Waals surface area contributed by atoms with E-state index in [1.165, 1.54) is 5.56 Å². The molecular formula is C40H51N7O3Si. The van der Waals surface area contributed by atoms with Crippen LogP contribution in [0.3, 0.4) is 0 Å². The molecule has 1 aliphatic carbocycles. The van der Waals surface area contributed by atoms with Crippen molar-refractivity contribution in [1.29, 1.82) is 0 Å². The van der Waals surface area contributed by atoms with Crippen molar-refractivity contribution in [3.63, 3.8) is 0 Å². The van der Waals surface area contributed by atoms with Crippen molar-refractivity contribution in [1.82, 2.24) is 20.2 Å². The highest BCUT2D eigenvalue weighted by molar-refractivity contribution is 6.74. The molecule has 3 fully saturated rings. The summed E-state index contributed by atoms with van der Waals surface area (Å²) < 4.78 is 18.8. The molecule has 3 aromatic heterocycles. The molecule has 5 heterocycles. The van der Waals surface area contributed by atoms with Gasteiger partial charge in [-0.15, -0.1) is 10.2 Å². The number of ether oxygens (including phenoxy) is 2. The van der Waals surface area contributed by atoms with Gasteiger partial charge in [0.2, 0.25) is 5.88 Å². The molecule has 10 nitrogen and oxygen atoms in total. The lowest BCUT2D eigenvalue weighted by Crippen LogP contribution is -2.54. The molecule has 2 unspecified atom stereocenters. The van der Waals surface area contributed by atoms with E-state index in [0.717, 1.165) is 72.8 Å². The van der Waals surface area contributed by atoms with Crippen LogP contribution in [0, 0.1) is 6.92 Å². The summed E-state index contributed by atoms with van der Waals surface area (Å²) in [5, 5.41) is 8.99. The minimum atomic E-state index is -1.76. The van der Waals surface area contributed by atoms with E-state index < -0.39 is 8.32 Å². The Hall–Kier alpha value is -4.48. The Bertz CT molecular complexity index is 1840. The van der Waals surface area contributed by atoms with Crippen LogP contribution in [0.15, 0.2) is 73.1 Å². The average Bonchev–Trinajstić information content (AvgIpc) is 3.35. The molecule has 2 aliphatic heterocycles. The highest BCUT2D eigenvalue weighted by Crippen LogP contribution is 2.40. The van der Waals surface area contributed by atoms with Crippen LogP contribution in [0.5, 0.6) is 11.6 Å².